The highest BCUT2D eigenvalue weighted by atomic mass is 16.5. The maximum Gasteiger partial charge on any atom is 0.160 e. The number of hydrogen-bond donors (Lipinski definition) is 2. The van der Waals surface area contributed by atoms with Crippen molar-refractivity contribution in [1.82, 2.24) is 5.32 Å². The number of hydrogen-bond acceptors (Lipinski definition) is 3. The molecular weight excluding hydrogens is 178 g/mol. The largest absolute Gasteiger partial charge is 0.504 e. The molecule has 14 heavy (non-hydrogen) atoms. The van der Waals surface area contributed by atoms with E-state index >= 15 is 0 Å². The Morgan fingerprint density at radius 1 is 1.43 bits per heavy atom. The molecule has 0 radical (unpaired) electrons. The molecular formula is C11H17NO2. The first-order valence-electron chi connectivity index (χ1n) is 4.84. The molecule has 0 spiro atoms. The van der Waals surface area contributed by atoms with Crippen molar-refractivity contribution in [2.24, 2.45) is 0 Å². The van der Waals surface area contributed by atoms with Gasteiger partial charge in [-0.1, -0.05) is 13.0 Å². The monoisotopic (exact) mass is 195 g/mol. The number of phenolic OH excluding ortho intramolecular Hbond substituents is 1. The zero-order valence-corrected chi connectivity index (χ0v) is 8.71. The third-order valence-electron chi connectivity index (χ3n) is 2.08. The van der Waals surface area contributed by atoms with E-state index in [2.05, 4.69) is 12.2 Å². The quantitative estimate of drug-likeness (QED) is 0.700. The first-order valence-corrected chi connectivity index (χ1v) is 4.84. The van der Waals surface area contributed by atoms with Crippen LogP contribution < -0.4 is 10.1 Å². The van der Waals surface area contributed by atoms with E-state index < -0.39 is 0 Å². The lowest BCUT2D eigenvalue weighted by Crippen LogP contribution is -2.15. The SMILES string of the molecule is CCNCCc1ccc(O)c(OC)c1. The fourth-order valence-corrected chi connectivity index (χ4v) is 1.29. The molecule has 3 nitrogen and oxygen atoms in total. The highest BCUT2D eigenvalue weighted by Crippen LogP contribution is 2.26. The summed E-state index contributed by atoms with van der Waals surface area (Å²) >= 11 is 0. The van der Waals surface area contributed by atoms with Gasteiger partial charge in [0.1, 0.15) is 0 Å². The summed E-state index contributed by atoms with van der Waals surface area (Å²) in [7, 11) is 1.56. The summed E-state index contributed by atoms with van der Waals surface area (Å²) in [6.07, 6.45) is 0.949. The molecule has 0 aliphatic rings. The van der Waals surface area contributed by atoms with E-state index in [4.69, 9.17) is 4.74 Å². The number of methoxy groups -OCH3 is 1. The molecule has 0 saturated heterocycles. The van der Waals surface area contributed by atoms with Gasteiger partial charge in [-0.2, -0.15) is 0 Å². The number of benzene rings is 1. The average molecular weight is 195 g/mol. The van der Waals surface area contributed by atoms with Crippen molar-refractivity contribution >= 4 is 0 Å². The molecule has 0 bridgehead atoms. The molecule has 0 amide bonds. The number of nitrogens with one attached hydrogen (secondary N) is 1. The van der Waals surface area contributed by atoms with Crippen LogP contribution in [0.5, 0.6) is 11.5 Å². The molecule has 0 saturated carbocycles. The number of likely N-dealkylation sites (N-methyl/N-ethyl adjacent to an activating group) is 1. The minimum absolute atomic E-state index is 0.194. The van der Waals surface area contributed by atoms with E-state index in [1.165, 1.54) is 5.56 Å². The van der Waals surface area contributed by atoms with E-state index in [1.807, 2.05) is 12.1 Å². The van der Waals surface area contributed by atoms with Crippen LogP contribution in [0.2, 0.25) is 0 Å². The minimum Gasteiger partial charge on any atom is -0.504 e. The van der Waals surface area contributed by atoms with Crippen molar-refractivity contribution < 1.29 is 9.84 Å². The summed E-state index contributed by atoms with van der Waals surface area (Å²) in [6.45, 7) is 4.01. The van der Waals surface area contributed by atoms with Crippen LogP contribution in [-0.4, -0.2) is 25.3 Å². The lowest BCUT2D eigenvalue weighted by Gasteiger charge is -2.06. The number of rotatable bonds is 5. The molecule has 3 heteroatoms. The molecule has 0 atom stereocenters. The average Bonchev–Trinajstić information content (AvgIpc) is 2.21. The summed E-state index contributed by atoms with van der Waals surface area (Å²) in [6, 6.07) is 5.45. The van der Waals surface area contributed by atoms with Crippen molar-refractivity contribution in [1.29, 1.82) is 0 Å². The second-order valence-corrected chi connectivity index (χ2v) is 3.11. The van der Waals surface area contributed by atoms with Crippen LogP contribution in [0.4, 0.5) is 0 Å². The van der Waals surface area contributed by atoms with Crippen LogP contribution in [-0.2, 0) is 6.42 Å². The molecule has 0 fully saturated rings. The van der Waals surface area contributed by atoms with Gasteiger partial charge in [-0.15, -0.1) is 0 Å². The molecule has 0 aliphatic carbocycles. The maximum atomic E-state index is 9.37. The topological polar surface area (TPSA) is 41.5 Å². The molecule has 1 aromatic carbocycles. The van der Waals surface area contributed by atoms with Gasteiger partial charge in [-0.25, -0.2) is 0 Å². The summed E-state index contributed by atoms with van der Waals surface area (Å²) in [5.74, 6) is 0.735. The second-order valence-electron chi connectivity index (χ2n) is 3.11. The van der Waals surface area contributed by atoms with E-state index in [0.717, 1.165) is 19.5 Å². The molecule has 2 N–H and O–H groups in total. The van der Waals surface area contributed by atoms with Crippen molar-refractivity contribution in [3.05, 3.63) is 23.8 Å². The molecule has 1 rings (SSSR count). The van der Waals surface area contributed by atoms with Crippen LogP contribution in [0.25, 0.3) is 0 Å². The Balaban J connectivity index is 2.60. The van der Waals surface area contributed by atoms with E-state index in [-0.39, 0.29) is 5.75 Å². The predicted molar refractivity (Wildman–Crippen MR) is 56.9 cm³/mol. The lowest BCUT2D eigenvalue weighted by molar-refractivity contribution is 0.373. The zero-order valence-electron chi connectivity index (χ0n) is 8.71. The smallest absolute Gasteiger partial charge is 0.160 e. The van der Waals surface area contributed by atoms with Crippen molar-refractivity contribution in [2.45, 2.75) is 13.3 Å². The Morgan fingerprint density at radius 3 is 2.86 bits per heavy atom. The van der Waals surface area contributed by atoms with Gasteiger partial charge in [0.2, 0.25) is 0 Å². The fourth-order valence-electron chi connectivity index (χ4n) is 1.29. The van der Waals surface area contributed by atoms with E-state index in [1.54, 1.807) is 13.2 Å². The number of aromatic hydroxyl groups is 1. The lowest BCUT2D eigenvalue weighted by atomic mass is 10.1. The summed E-state index contributed by atoms with van der Waals surface area (Å²) in [4.78, 5) is 0. The summed E-state index contributed by atoms with van der Waals surface area (Å²) in [5, 5.41) is 12.6. The molecule has 0 heterocycles. The van der Waals surface area contributed by atoms with E-state index in [0.29, 0.717) is 5.75 Å². The summed E-state index contributed by atoms with van der Waals surface area (Å²) < 4.78 is 5.02. The highest BCUT2D eigenvalue weighted by molar-refractivity contribution is 5.41. The van der Waals surface area contributed by atoms with Gasteiger partial charge in [0.05, 0.1) is 7.11 Å². The Labute approximate surface area is 84.7 Å². The van der Waals surface area contributed by atoms with Crippen LogP contribution in [0.15, 0.2) is 18.2 Å². The maximum absolute atomic E-state index is 9.37. The molecule has 1 aromatic rings. The third-order valence-corrected chi connectivity index (χ3v) is 2.08. The minimum atomic E-state index is 0.194. The van der Waals surface area contributed by atoms with Crippen LogP contribution in [0.1, 0.15) is 12.5 Å². The van der Waals surface area contributed by atoms with Crippen LogP contribution in [0, 0.1) is 0 Å². The second kappa shape index (κ2) is 5.50. The zero-order chi connectivity index (χ0) is 10.4. The van der Waals surface area contributed by atoms with Crippen molar-refractivity contribution in [2.75, 3.05) is 20.2 Å². The normalized spacial score (nSPS) is 10.1. The van der Waals surface area contributed by atoms with Crippen LogP contribution in [0.3, 0.4) is 0 Å². The van der Waals surface area contributed by atoms with E-state index in [9.17, 15) is 5.11 Å². The Morgan fingerprint density at radius 2 is 2.21 bits per heavy atom. The van der Waals surface area contributed by atoms with Gasteiger partial charge in [-0.05, 0) is 37.2 Å². The standard InChI is InChI=1S/C11H17NO2/c1-3-12-7-6-9-4-5-10(13)11(8-9)14-2/h4-5,8,12-13H,3,6-7H2,1-2H3. The van der Waals surface area contributed by atoms with Gasteiger partial charge in [0.25, 0.3) is 0 Å². The predicted octanol–water partition coefficient (Wildman–Crippen LogP) is 1.55. The molecule has 78 valence electrons. The van der Waals surface area contributed by atoms with Gasteiger partial charge in [0, 0.05) is 0 Å². The Kier molecular flexibility index (Phi) is 4.26. The first-order chi connectivity index (χ1) is 6.77. The molecule has 0 aliphatic heterocycles. The molecule has 0 unspecified atom stereocenters. The van der Waals surface area contributed by atoms with Crippen LogP contribution >= 0.6 is 0 Å². The fraction of sp³-hybridized carbons (Fsp3) is 0.455. The first kappa shape index (κ1) is 10.9. The third kappa shape index (κ3) is 2.92. The van der Waals surface area contributed by atoms with Gasteiger partial charge in [0.15, 0.2) is 11.5 Å². The van der Waals surface area contributed by atoms with Gasteiger partial charge >= 0.3 is 0 Å². The Bertz CT molecular complexity index is 287. The number of phenols is 1. The Hall–Kier alpha value is -1.22. The summed E-state index contributed by atoms with van der Waals surface area (Å²) in [5.41, 5.74) is 1.17. The highest BCUT2D eigenvalue weighted by Gasteiger charge is 2.01. The van der Waals surface area contributed by atoms with Gasteiger partial charge in [-0.3, -0.25) is 0 Å². The molecule has 0 aromatic heterocycles. The van der Waals surface area contributed by atoms with Crippen molar-refractivity contribution in [3.63, 3.8) is 0 Å². The van der Waals surface area contributed by atoms with Gasteiger partial charge < -0.3 is 15.2 Å². The van der Waals surface area contributed by atoms with Crippen molar-refractivity contribution in [3.8, 4) is 11.5 Å². The number of ether oxygens (including phenoxy) is 1.